The van der Waals surface area contributed by atoms with Gasteiger partial charge in [-0.2, -0.15) is 19.0 Å². The van der Waals surface area contributed by atoms with Gasteiger partial charge in [-0.15, -0.1) is 6.58 Å². The summed E-state index contributed by atoms with van der Waals surface area (Å²) in [5.74, 6) is 1.56. The van der Waals surface area contributed by atoms with Crippen LogP contribution in [0.4, 0.5) is 26.1 Å². The highest BCUT2D eigenvalue weighted by molar-refractivity contribution is 5.78. The maximum absolute atomic E-state index is 13.2. The fourth-order valence-electron chi connectivity index (χ4n) is 4.45. The van der Waals surface area contributed by atoms with Gasteiger partial charge in [-0.1, -0.05) is 6.08 Å². The molecule has 10 nitrogen and oxygen atoms in total. The maximum Gasteiger partial charge on any atom is 0.333 e. The Kier molecular flexibility index (Phi) is 7.14. The number of aliphatic hydroxyl groups is 1. The van der Waals surface area contributed by atoms with Crippen LogP contribution in [-0.2, 0) is 6.54 Å². The smallest absolute Gasteiger partial charge is 0.333 e. The Morgan fingerprint density at radius 2 is 2.03 bits per heavy atom. The molecule has 1 aliphatic carbocycles. The lowest BCUT2D eigenvalue weighted by Crippen LogP contribution is -2.35. The summed E-state index contributed by atoms with van der Waals surface area (Å²) in [6.45, 7) is 3.42. The topological polar surface area (TPSA) is 119 Å². The van der Waals surface area contributed by atoms with Gasteiger partial charge >= 0.3 is 6.55 Å². The molecule has 0 unspecified atom stereocenters. The first-order valence-corrected chi connectivity index (χ1v) is 12.4. The standard InChI is InChI=1S/C26H29F2N9O/c1-3-11-36-16-17(14-31-36)24-29-10-6-22(34-24)33-23-13-21(32-18-4-8-26(2,38)9-5-18)19(15-30-23)20-7-12-37(35-20)25(27)28/h3,6-7,10,12-16,18,25,38H,1,4-5,8-9,11H2,2H3,(H2,29,30,32,33,34). The quantitative estimate of drug-likeness (QED) is 0.263. The highest BCUT2D eigenvalue weighted by Crippen LogP contribution is 2.34. The first-order chi connectivity index (χ1) is 18.3. The van der Waals surface area contributed by atoms with Crippen molar-refractivity contribution in [3.63, 3.8) is 0 Å². The average molecular weight is 522 g/mol. The number of alkyl halides is 2. The Hall–Kier alpha value is -4.19. The van der Waals surface area contributed by atoms with Gasteiger partial charge in [-0.25, -0.2) is 19.6 Å². The second kappa shape index (κ2) is 10.7. The predicted octanol–water partition coefficient (Wildman–Crippen LogP) is 5.03. The summed E-state index contributed by atoms with van der Waals surface area (Å²) in [6, 6.07) is 5.19. The fraction of sp³-hybridized carbons (Fsp3) is 0.346. The van der Waals surface area contributed by atoms with Crippen LogP contribution in [0.2, 0.25) is 0 Å². The molecular weight excluding hydrogens is 492 g/mol. The van der Waals surface area contributed by atoms with Crippen LogP contribution in [0.5, 0.6) is 0 Å². The minimum atomic E-state index is -2.73. The molecule has 1 fully saturated rings. The van der Waals surface area contributed by atoms with E-state index in [-0.39, 0.29) is 6.04 Å². The molecule has 0 radical (unpaired) electrons. The van der Waals surface area contributed by atoms with Crippen LogP contribution in [0.25, 0.3) is 22.6 Å². The van der Waals surface area contributed by atoms with Crippen LogP contribution < -0.4 is 10.6 Å². The lowest BCUT2D eigenvalue weighted by atomic mass is 9.83. The van der Waals surface area contributed by atoms with Crippen molar-refractivity contribution < 1.29 is 13.9 Å². The van der Waals surface area contributed by atoms with Crippen LogP contribution in [-0.4, -0.2) is 51.3 Å². The third kappa shape index (κ3) is 5.86. The van der Waals surface area contributed by atoms with Gasteiger partial charge in [-0.05, 0) is 44.7 Å². The lowest BCUT2D eigenvalue weighted by molar-refractivity contribution is 0.0196. The number of aromatic nitrogens is 7. The molecule has 4 heterocycles. The molecule has 5 rings (SSSR count). The van der Waals surface area contributed by atoms with E-state index in [9.17, 15) is 13.9 Å². The largest absolute Gasteiger partial charge is 0.390 e. The molecule has 12 heteroatoms. The molecule has 0 aliphatic heterocycles. The second-order valence-corrected chi connectivity index (χ2v) is 9.62. The van der Waals surface area contributed by atoms with E-state index in [1.165, 1.54) is 12.3 Å². The van der Waals surface area contributed by atoms with Crippen molar-refractivity contribution in [3.8, 4) is 22.6 Å². The fourth-order valence-corrected chi connectivity index (χ4v) is 4.45. The monoisotopic (exact) mass is 521 g/mol. The number of anilines is 3. The Bertz CT molecular complexity index is 1410. The number of hydrogen-bond donors (Lipinski definition) is 3. The van der Waals surface area contributed by atoms with Gasteiger partial charge in [0.1, 0.15) is 11.6 Å². The van der Waals surface area contributed by atoms with E-state index in [4.69, 9.17) is 0 Å². The third-order valence-electron chi connectivity index (χ3n) is 6.53. The van der Waals surface area contributed by atoms with Crippen LogP contribution in [0.3, 0.4) is 0 Å². The Labute approximate surface area is 218 Å². The highest BCUT2D eigenvalue weighted by atomic mass is 19.3. The van der Waals surface area contributed by atoms with E-state index in [0.717, 1.165) is 18.4 Å². The van der Waals surface area contributed by atoms with Crippen LogP contribution >= 0.6 is 0 Å². The average Bonchev–Trinajstić information content (AvgIpc) is 3.57. The molecule has 4 aromatic rings. The molecule has 0 saturated heterocycles. The SMILES string of the molecule is C=CCn1cc(-c2nccc(Nc3cc(NC4CCC(C)(O)CC4)c(-c4ccn(C(F)F)n4)cn3)n2)cn1. The van der Waals surface area contributed by atoms with Crippen LogP contribution in [0.15, 0.2) is 61.8 Å². The molecule has 1 saturated carbocycles. The highest BCUT2D eigenvalue weighted by Gasteiger charge is 2.29. The van der Waals surface area contributed by atoms with E-state index >= 15 is 0 Å². The number of halogens is 2. The summed E-state index contributed by atoms with van der Waals surface area (Å²) in [4.78, 5) is 13.4. The molecular formula is C26H29F2N9O. The van der Waals surface area contributed by atoms with Gasteiger partial charge in [-0.3, -0.25) is 4.68 Å². The molecule has 198 valence electrons. The number of pyridine rings is 1. The number of allylic oxidation sites excluding steroid dienone is 1. The summed E-state index contributed by atoms with van der Waals surface area (Å²) in [6.07, 6.45) is 12.7. The minimum Gasteiger partial charge on any atom is -0.390 e. The zero-order valence-electron chi connectivity index (χ0n) is 20.9. The van der Waals surface area contributed by atoms with E-state index in [1.54, 1.807) is 35.4 Å². The zero-order valence-corrected chi connectivity index (χ0v) is 20.9. The lowest BCUT2D eigenvalue weighted by Gasteiger charge is -2.34. The van der Waals surface area contributed by atoms with Crippen LogP contribution in [0.1, 0.15) is 39.2 Å². The van der Waals surface area contributed by atoms with Crippen molar-refractivity contribution in [3.05, 3.63) is 61.8 Å². The Morgan fingerprint density at radius 1 is 1.21 bits per heavy atom. The normalized spacial score (nSPS) is 19.4. The molecule has 3 N–H and O–H groups in total. The van der Waals surface area contributed by atoms with E-state index in [0.29, 0.717) is 58.5 Å². The van der Waals surface area contributed by atoms with Gasteiger partial charge in [0, 0.05) is 48.1 Å². The van der Waals surface area contributed by atoms with Crippen molar-refractivity contribution in [2.45, 2.75) is 57.3 Å². The summed E-state index contributed by atoms with van der Waals surface area (Å²) in [5, 5.41) is 25.4. The Balaban J connectivity index is 1.41. The third-order valence-corrected chi connectivity index (χ3v) is 6.53. The van der Waals surface area contributed by atoms with Crippen molar-refractivity contribution in [2.24, 2.45) is 0 Å². The van der Waals surface area contributed by atoms with Gasteiger partial charge in [0.2, 0.25) is 0 Å². The maximum atomic E-state index is 13.2. The molecule has 4 aromatic heterocycles. The van der Waals surface area contributed by atoms with E-state index in [2.05, 4.69) is 42.4 Å². The number of hydrogen-bond acceptors (Lipinski definition) is 8. The minimum absolute atomic E-state index is 0.110. The first kappa shape index (κ1) is 25.5. The van der Waals surface area contributed by atoms with E-state index < -0.39 is 12.2 Å². The van der Waals surface area contributed by atoms with Gasteiger partial charge in [0.05, 0.1) is 29.6 Å². The number of rotatable bonds is 9. The molecule has 0 spiro atoms. The first-order valence-electron chi connectivity index (χ1n) is 12.4. The second-order valence-electron chi connectivity index (χ2n) is 9.62. The van der Waals surface area contributed by atoms with Gasteiger partial charge in [0.25, 0.3) is 0 Å². The number of nitrogens with zero attached hydrogens (tertiary/aromatic N) is 7. The predicted molar refractivity (Wildman–Crippen MR) is 140 cm³/mol. The van der Waals surface area contributed by atoms with E-state index in [1.807, 2.05) is 19.2 Å². The van der Waals surface area contributed by atoms with Gasteiger partial charge in [0.15, 0.2) is 5.82 Å². The van der Waals surface area contributed by atoms with Crippen molar-refractivity contribution in [1.29, 1.82) is 0 Å². The van der Waals surface area contributed by atoms with Crippen molar-refractivity contribution in [2.75, 3.05) is 10.6 Å². The molecule has 0 amide bonds. The number of nitrogens with one attached hydrogen (secondary N) is 2. The molecule has 1 aliphatic rings. The zero-order chi connectivity index (χ0) is 26.7. The van der Waals surface area contributed by atoms with Gasteiger partial charge < -0.3 is 15.7 Å². The summed E-state index contributed by atoms with van der Waals surface area (Å²) in [5.41, 5.74) is 1.79. The summed E-state index contributed by atoms with van der Waals surface area (Å²) < 4.78 is 28.7. The van der Waals surface area contributed by atoms with Crippen molar-refractivity contribution >= 4 is 17.3 Å². The molecule has 38 heavy (non-hydrogen) atoms. The van der Waals surface area contributed by atoms with Crippen molar-refractivity contribution in [1.82, 2.24) is 34.5 Å². The Morgan fingerprint density at radius 3 is 2.76 bits per heavy atom. The molecule has 0 bridgehead atoms. The summed E-state index contributed by atoms with van der Waals surface area (Å²) in [7, 11) is 0. The summed E-state index contributed by atoms with van der Waals surface area (Å²) >= 11 is 0. The molecule has 0 atom stereocenters. The van der Waals surface area contributed by atoms with Crippen LogP contribution in [0, 0.1) is 0 Å². The molecule has 0 aromatic carbocycles.